The largest absolute Gasteiger partial charge is 0.365 e. The van der Waals surface area contributed by atoms with Crippen LogP contribution in [0.3, 0.4) is 0 Å². The van der Waals surface area contributed by atoms with E-state index in [9.17, 15) is 4.79 Å². The fraction of sp³-hybridized carbons (Fsp3) is 0.389. The molecule has 1 amide bonds. The Morgan fingerprint density at radius 3 is 2.64 bits per heavy atom. The molecule has 132 valence electrons. The van der Waals surface area contributed by atoms with Gasteiger partial charge in [0.2, 0.25) is 0 Å². The lowest BCUT2D eigenvalue weighted by atomic mass is 10.1. The molecule has 0 saturated carbocycles. The lowest BCUT2D eigenvalue weighted by Gasteiger charge is -2.17. The number of rotatable bonds is 7. The molecule has 0 spiro atoms. The minimum absolute atomic E-state index is 0.261. The van der Waals surface area contributed by atoms with Crippen molar-refractivity contribution in [2.45, 2.75) is 25.5 Å². The van der Waals surface area contributed by atoms with Crippen LogP contribution >= 0.6 is 0 Å². The van der Waals surface area contributed by atoms with Crippen LogP contribution in [0.5, 0.6) is 0 Å². The number of nitrogens with zero attached hydrogens (tertiary/aromatic N) is 2. The third-order valence-electron chi connectivity index (χ3n) is 4.00. The Balaban J connectivity index is 1.62. The summed E-state index contributed by atoms with van der Waals surface area (Å²) in [5.41, 5.74) is 0.807. The van der Waals surface area contributed by atoms with E-state index in [0.29, 0.717) is 24.3 Å². The Bertz CT molecular complexity index is 672. The second-order valence-corrected chi connectivity index (χ2v) is 5.87. The van der Waals surface area contributed by atoms with Crippen molar-refractivity contribution < 1.29 is 9.53 Å². The van der Waals surface area contributed by atoms with Crippen LogP contribution in [0, 0.1) is 0 Å². The number of amides is 1. The first-order chi connectivity index (χ1) is 12.3. The maximum absolute atomic E-state index is 12.5. The average molecular weight is 341 g/mol. The summed E-state index contributed by atoms with van der Waals surface area (Å²) in [7, 11) is 0. The van der Waals surface area contributed by atoms with E-state index in [2.05, 4.69) is 26.1 Å². The molecule has 7 heteroatoms. The molecule has 2 aromatic rings. The van der Waals surface area contributed by atoms with Crippen molar-refractivity contribution in [2.24, 2.45) is 0 Å². The fourth-order valence-corrected chi connectivity index (χ4v) is 2.77. The van der Waals surface area contributed by atoms with Gasteiger partial charge in [0.15, 0.2) is 11.9 Å². The molecule has 3 rings (SSSR count). The van der Waals surface area contributed by atoms with Gasteiger partial charge in [-0.3, -0.25) is 4.79 Å². The van der Waals surface area contributed by atoms with E-state index in [1.165, 1.54) is 0 Å². The summed E-state index contributed by atoms with van der Waals surface area (Å²) >= 11 is 0. The topological polar surface area (TPSA) is 88.2 Å². The molecule has 1 aliphatic rings. The van der Waals surface area contributed by atoms with E-state index >= 15 is 0 Å². The lowest BCUT2D eigenvalue weighted by Crippen LogP contribution is -2.25. The van der Waals surface area contributed by atoms with Crippen LogP contribution in [0.2, 0.25) is 0 Å². The van der Waals surface area contributed by atoms with Crippen molar-refractivity contribution in [3.8, 4) is 0 Å². The monoisotopic (exact) mass is 341 g/mol. The number of carbonyl (C=O) groups is 1. The molecule has 0 bridgehead atoms. The van der Waals surface area contributed by atoms with Gasteiger partial charge in [0, 0.05) is 19.2 Å². The zero-order valence-corrected chi connectivity index (χ0v) is 14.2. The molecule has 2 atom stereocenters. The average Bonchev–Trinajstić information content (AvgIpc) is 3.15. The van der Waals surface area contributed by atoms with Crippen molar-refractivity contribution in [2.75, 3.05) is 30.3 Å². The van der Waals surface area contributed by atoms with E-state index < -0.39 is 6.10 Å². The summed E-state index contributed by atoms with van der Waals surface area (Å²) in [5.74, 6) is 0.847. The zero-order chi connectivity index (χ0) is 17.5. The van der Waals surface area contributed by atoms with Gasteiger partial charge in [-0.2, -0.15) is 0 Å². The van der Waals surface area contributed by atoms with Crippen LogP contribution in [0.1, 0.15) is 25.0 Å². The third kappa shape index (κ3) is 4.74. The standard InChI is InChI=1S/C18H23N5O2/c1-2-25-17(13-6-4-3-5-7-13)18(24)21-16-9-8-15(22-23-16)20-14-10-11-19-12-14/h3-9,14,17,19H,2,10-12H2,1H3,(H,20,22)(H,21,23,24)/t14-,17?/m1/s1. The molecule has 1 saturated heterocycles. The molecule has 7 nitrogen and oxygen atoms in total. The van der Waals surface area contributed by atoms with Crippen LogP contribution in [0.15, 0.2) is 42.5 Å². The number of hydrogen-bond acceptors (Lipinski definition) is 6. The molecular weight excluding hydrogens is 318 g/mol. The highest BCUT2D eigenvalue weighted by Gasteiger charge is 2.21. The van der Waals surface area contributed by atoms with Gasteiger partial charge in [0.1, 0.15) is 5.82 Å². The SMILES string of the molecule is CCOC(C(=O)Nc1ccc(N[C@@H]2CCNC2)nn1)c1ccccc1. The minimum Gasteiger partial charge on any atom is -0.365 e. The van der Waals surface area contributed by atoms with Gasteiger partial charge in [-0.25, -0.2) is 0 Å². The maximum atomic E-state index is 12.5. The maximum Gasteiger partial charge on any atom is 0.259 e. The second-order valence-electron chi connectivity index (χ2n) is 5.87. The number of anilines is 2. The molecule has 0 aliphatic carbocycles. The van der Waals surface area contributed by atoms with Gasteiger partial charge in [0.05, 0.1) is 0 Å². The summed E-state index contributed by atoms with van der Waals surface area (Å²) in [6, 6.07) is 13.3. The molecule has 1 aromatic carbocycles. The molecule has 2 heterocycles. The first-order valence-corrected chi connectivity index (χ1v) is 8.54. The van der Waals surface area contributed by atoms with Gasteiger partial charge >= 0.3 is 0 Å². The summed E-state index contributed by atoms with van der Waals surface area (Å²) in [6.45, 7) is 4.24. The lowest BCUT2D eigenvalue weighted by molar-refractivity contribution is -0.127. The highest BCUT2D eigenvalue weighted by Crippen LogP contribution is 2.19. The molecule has 1 unspecified atom stereocenters. The first-order valence-electron chi connectivity index (χ1n) is 8.54. The second kappa shape index (κ2) is 8.55. The smallest absolute Gasteiger partial charge is 0.259 e. The van der Waals surface area contributed by atoms with Crippen molar-refractivity contribution in [3.63, 3.8) is 0 Å². The Kier molecular flexibility index (Phi) is 5.92. The van der Waals surface area contributed by atoms with E-state index in [-0.39, 0.29) is 5.91 Å². The molecule has 1 fully saturated rings. The number of carbonyl (C=O) groups excluding carboxylic acids is 1. The Hall–Kier alpha value is -2.51. The molecule has 1 aromatic heterocycles. The van der Waals surface area contributed by atoms with Crippen LogP contribution in [-0.4, -0.2) is 41.8 Å². The third-order valence-corrected chi connectivity index (χ3v) is 4.00. The van der Waals surface area contributed by atoms with E-state index in [4.69, 9.17) is 4.74 Å². The molecular formula is C18H23N5O2. The van der Waals surface area contributed by atoms with Crippen molar-refractivity contribution in [1.82, 2.24) is 15.5 Å². The van der Waals surface area contributed by atoms with Crippen LogP contribution in [-0.2, 0) is 9.53 Å². The highest BCUT2D eigenvalue weighted by molar-refractivity contribution is 5.94. The van der Waals surface area contributed by atoms with E-state index in [0.717, 1.165) is 25.1 Å². The summed E-state index contributed by atoms with van der Waals surface area (Å²) in [5, 5.41) is 17.6. The van der Waals surface area contributed by atoms with Gasteiger partial charge in [0.25, 0.3) is 5.91 Å². The van der Waals surface area contributed by atoms with E-state index in [1.807, 2.05) is 43.3 Å². The summed E-state index contributed by atoms with van der Waals surface area (Å²) < 4.78 is 5.59. The molecule has 1 aliphatic heterocycles. The van der Waals surface area contributed by atoms with Crippen molar-refractivity contribution in [1.29, 1.82) is 0 Å². The molecule has 3 N–H and O–H groups in total. The van der Waals surface area contributed by atoms with Crippen LogP contribution < -0.4 is 16.0 Å². The Morgan fingerprint density at radius 1 is 1.24 bits per heavy atom. The minimum atomic E-state index is -0.671. The number of ether oxygens (including phenoxy) is 1. The van der Waals surface area contributed by atoms with Crippen molar-refractivity contribution in [3.05, 3.63) is 48.0 Å². The fourth-order valence-electron chi connectivity index (χ4n) is 2.77. The number of benzene rings is 1. The first kappa shape index (κ1) is 17.3. The normalized spacial score (nSPS) is 17.9. The number of nitrogens with one attached hydrogen (secondary N) is 3. The number of hydrogen-bond donors (Lipinski definition) is 3. The quantitative estimate of drug-likeness (QED) is 0.714. The van der Waals surface area contributed by atoms with E-state index in [1.54, 1.807) is 6.07 Å². The highest BCUT2D eigenvalue weighted by atomic mass is 16.5. The van der Waals surface area contributed by atoms with Gasteiger partial charge in [-0.1, -0.05) is 30.3 Å². The van der Waals surface area contributed by atoms with Gasteiger partial charge < -0.3 is 20.7 Å². The van der Waals surface area contributed by atoms with Crippen molar-refractivity contribution >= 4 is 17.5 Å². The molecule has 0 radical (unpaired) electrons. The summed E-state index contributed by atoms with van der Waals surface area (Å²) in [4.78, 5) is 12.5. The van der Waals surface area contributed by atoms with Gasteiger partial charge in [-0.05, 0) is 37.6 Å². The predicted octanol–water partition coefficient (Wildman–Crippen LogP) is 1.97. The van der Waals surface area contributed by atoms with Crippen LogP contribution in [0.4, 0.5) is 11.6 Å². The Labute approximate surface area is 147 Å². The van der Waals surface area contributed by atoms with Gasteiger partial charge in [-0.15, -0.1) is 10.2 Å². The predicted molar refractivity (Wildman–Crippen MR) is 96.4 cm³/mol. The Morgan fingerprint density at radius 2 is 2.00 bits per heavy atom. The summed E-state index contributed by atoms with van der Waals surface area (Å²) in [6.07, 6.45) is 0.392. The zero-order valence-electron chi connectivity index (χ0n) is 14.2. The van der Waals surface area contributed by atoms with Crippen LogP contribution in [0.25, 0.3) is 0 Å². The number of aromatic nitrogens is 2. The molecule has 25 heavy (non-hydrogen) atoms.